The highest BCUT2D eigenvalue weighted by Gasteiger charge is 2.30. The van der Waals surface area contributed by atoms with Crippen LogP contribution >= 0.6 is 11.3 Å². The maximum Gasteiger partial charge on any atom is 0.573 e. The van der Waals surface area contributed by atoms with Gasteiger partial charge < -0.3 is 20.1 Å². The molecule has 0 saturated heterocycles. The molecule has 1 heterocycles. The van der Waals surface area contributed by atoms with Gasteiger partial charge in [0.15, 0.2) is 5.13 Å². The Morgan fingerprint density at radius 2 is 1.47 bits per heavy atom. The van der Waals surface area contributed by atoms with Crippen LogP contribution in [0.4, 0.5) is 29.7 Å². The van der Waals surface area contributed by atoms with E-state index in [1.54, 1.807) is 29.6 Å². The van der Waals surface area contributed by atoms with Crippen molar-refractivity contribution in [1.29, 1.82) is 0 Å². The van der Waals surface area contributed by atoms with E-state index in [0.29, 0.717) is 27.9 Å². The Morgan fingerprint density at radius 1 is 0.853 bits per heavy atom. The highest BCUT2D eigenvalue weighted by Crippen LogP contribution is 2.27. The zero-order chi connectivity index (χ0) is 24.0. The van der Waals surface area contributed by atoms with Crippen LogP contribution in [0.25, 0.3) is 0 Å². The molecule has 0 aliphatic carbocycles. The number of aromatic nitrogens is 1. The van der Waals surface area contributed by atoms with Gasteiger partial charge in [-0.2, -0.15) is 0 Å². The lowest BCUT2D eigenvalue weighted by Crippen LogP contribution is -2.16. The van der Waals surface area contributed by atoms with E-state index in [0.717, 1.165) is 5.75 Å². The number of nitrogens with zero attached hydrogens (tertiary/aromatic N) is 1. The molecule has 4 aromatic rings. The van der Waals surface area contributed by atoms with Gasteiger partial charge in [0, 0.05) is 16.8 Å². The summed E-state index contributed by atoms with van der Waals surface area (Å²) in [4.78, 5) is 16.7. The van der Waals surface area contributed by atoms with Crippen molar-refractivity contribution in [3.05, 3.63) is 89.9 Å². The maximum atomic E-state index is 12.4. The van der Waals surface area contributed by atoms with Gasteiger partial charge in [0.05, 0.1) is 12.1 Å². The van der Waals surface area contributed by atoms with Crippen molar-refractivity contribution in [3.8, 4) is 17.2 Å². The molecule has 4 rings (SSSR count). The third-order valence-corrected chi connectivity index (χ3v) is 5.16. The molecule has 0 fully saturated rings. The molecule has 3 aromatic carbocycles. The fraction of sp³-hybridized carbons (Fsp3) is 0.0833. The number of rotatable bonds is 8. The molecule has 0 aliphatic heterocycles. The van der Waals surface area contributed by atoms with Gasteiger partial charge in [-0.1, -0.05) is 18.2 Å². The number of anilines is 3. The van der Waals surface area contributed by atoms with Gasteiger partial charge in [0.2, 0.25) is 5.91 Å². The molecular weight excluding hydrogens is 467 g/mol. The Kier molecular flexibility index (Phi) is 6.98. The third kappa shape index (κ3) is 6.97. The normalized spacial score (nSPS) is 11.0. The Morgan fingerprint density at radius 3 is 2.15 bits per heavy atom. The lowest BCUT2D eigenvalue weighted by atomic mass is 10.2. The first kappa shape index (κ1) is 23.1. The first-order valence-corrected chi connectivity index (χ1v) is 10.9. The van der Waals surface area contributed by atoms with Crippen molar-refractivity contribution < 1.29 is 27.4 Å². The molecule has 0 atom stereocenters. The van der Waals surface area contributed by atoms with Gasteiger partial charge in [0.25, 0.3) is 0 Å². The second kappa shape index (κ2) is 10.3. The second-order valence-electron chi connectivity index (χ2n) is 7.01. The lowest BCUT2D eigenvalue weighted by Gasteiger charge is -2.09. The fourth-order valence-electron chi connectivity index (χ4n) is 2.91. The minimum Gasteiger partial charge on any atom is -0.457 e. The number of alkyl halides is 3. The molecular formula is C24H18F3N3O3S. The summed E-state index contributed by atoms with van der Waals surface area (Å²) in [6.07, 6.45) is -4.67. The van der Waals surface area contributed by atoms with Gasteiger partial charge in [0.1, 0.15) is 17.2 Å². The van der Waals surface area contributed by atoms with E-state index in [4.69, 9.17) is 4.74 Å². The Bertz CT molecular complexity index is 1230. The van der Waals surface area contributed by atoms with Gasteiger partial charge in [-0.25, -0.2) is 4.98 Å². The standard InChI is InChI=1S/C24H18F3N3O3S/c25-24(26,27)33-21-12-8-17(9-13-21)29-23-30-18(15-34-23)14-22(31)28-16-6-10-20(11-7-16)32-19-4-2-1-3-5-19/h1-13,15H,14H2,(H,28,31)(H,29,30). The van der Waals surface area contributed by atoms with Crippen LogP contribution < -0.4 is 20.1 Å². The summed E-state index contributed by atoms with van der Waals surface area (Å²) in [7, 11) is 0. The molecule has 2 N–H and O–H groups in total. The molecule has 0 radical (unpaired) electrons. The van der Waals surface area contributed by atoms with Crippen molar-refractivity contribution in [2.75, 3.05) is 10.6 Å². The van der Waals surface area contributed by atoms with E-state index < -0.39 is 6.36 Å². The Hall–Kier alpha value is -4.05. The minimum absolute atomic E-state index is 0.0683. The van der Waals surface area contributed by atoms with Crippen LogP contribution in [0.5, 0.6) is 17.2 Å². The van der Waals surface area contributed by atoms with Crippen LogP contribution in [0.2, 0.25) is 0 Å². The predicted octanol–water partition coefficient (Wildman–Crippen LogP) is 6.76. The molecule has 1 amide bonds. The minimum atomic E-state index is -4.74. The number of amides is 1. The van der Waals surface area contributed by atoms with Crippen LogP contribution in [0.3, 0.4) is 0 Å². The fourth-order valence-corrected chi connectivity index (χ4v) is 3.64. The number of hydrogen-bond acceptors (Lipinski definition) is 6. The summed E-state index contributed by atoms with van der Waals surface area (Å²) in [6, 6.07) is 21.7. The van der Waals surface area contributed by atoms with Crippen molar-refractivity contribution in [2.45, 2.75) is 12.8 Å². The quantitative estimate of drug-likeness (QED) is 0.289. The van der Waals surface area contributed by atoms with Crippen LogP contribution in [-0.2, 0) is 11.2 Å². The zero-order valence-corrected chi connectivity index (χ0v) is 18.3. The third-order valence-electron chi connectivity index (χ3n) is 4.35. The van der Waals surface area contributed by atoms with Crippen LogP contribution in [0.1, 0.15) is 5.69 Å². The highest BCUT2D eigenvalue weighted by atomic mass is 32.1. The molecule has 0 unspecified atom stereocenters. The molecule has 10 heteroatoms. The number of carbonyl (C=O) groups excluding carboxylic acids is 1. The molecule has 34 heavy (non-hydrogen) atoms. The molecule has 1 aromatic heterocycles. The summed E-state index contributed by atoms with van der Waals surface area (Å²) < 4.78 is 46.3. The monoisotopic (exact) mass is 485 g/mol. The van der Waals surface area contributed by atoms with Gasteiger partial charge in [-0.3, -0.25) is 4.79 Å². The number of halogens is 3. The number of hydrogen-bond donors (Lipinski definition) is 2. The predicted molar refractivity (Wildman–Crippen MR) is 124 cm³/mol. The topological polar surface area (TPSA) is 72.5 Å². The van der Waals surface area contributed by atoms with Gasteiger partial charge in [-0.15, -0.1) is 24.5 Å². The number of thiazole rings is 1. The molecule has 0 bridgehead atoms. The molecule has 174 valence electrons. The van der Waals surface area contributed by atoms with Gasteiger partial charge in [-0.05, 0) is 60.7 Å². The number of para-hydroxylation sites is 1. The summed E-state index contributed by atoms with van der Waals surface area (Å²) in [5, 5.41) is 8.04. The van der Waals surface area contributed by atoms with E-state index in [9.17, 15) is 18.0 Å². The van der Waals surface area contributed by atoms with Crippen LogP contribution in [-0.4, -0.2) is 17.3 Å². The summed E-state index contributed by atoms with van der Waals surface area (Å²) in [5.41, 5.74) is 1.73. The molecule has 0 aliphatic rings. The van der Waals surface area contributed by atoms with Crippen LogP contribution in [0.15, 0.2) is 84.2 Å². The van der Waals surface area contributed by atoms with E-state index in [2.05, 4.69) is 20.4 Å². The average molecular weight is 485 g/mol. The van der Waals surface area contributed by atoms with E-state index in [1.807, 2.05) is 30.3 Å². The second-order valence-corrected chi connectivity index (χ2v) is 7.86. The number of carbonyl (C=O) groups is 1. The molecule has 0 spiro atoms. The van der Waals surface area contributed by atoms with E-state index in [1.165, 1.54) is 35.6 Å². The van der Waals surface area contributed by atoms with E-state index >= 15 is 0 Å². The van der Waals surface area contributed by atoms with Crippen molar-refractivity contribution in [2.24, 2.45) is 0 Å². The first-order valence-electron chi connectivity index (χ1n) is 10.0. The van der Waals surface area contributed by atoms with Gasteiger partial charge >= 0.3 is 6.36 Å². The van der Waals surface area contributed by atoms with Crippen molar-refractivity contribution >= 4 is 33.8 Å². The Labute approximate surface area is 197 Å². The van der Waals surface area contributed by atoms with E-state index in [-0.39, 0.29) is 18.1 Å². The Balaban J connectivity index is 1.28. The number of benzene rings is 3. The summed E-state index contributed by atoms with van der Waals surface area (Å²) in [5.74, 6) is 0.826. The molecule has 6 nitrogen and oxygen atoms in total. The zero-order valence-electron chi connectivity index (χ0n) is 17.5. The summed E-state index contributed by atoms with van der Waals surface area (Å²) >= 11 is 1.28. The van der Waals surface area contributed by atoms with Crippen LogP contribution in [0, 0.1) is 0 Å². The lowest BCUT2D eigenvalue weighted by molar-refractivity contribution is -0.274. The average Bonchev–Trinajstić information content (AvgIpc) is 3.22. The SMILES string of the molecule is O=C(Cc1csc(Nc2ccc(OC(F)(F)F)cc2)n1)Nc1ccc(Oc2ccccc2)cc1. The molecule has 0 saturated carbocycles. The summed E-state index contributed by atoms with van der Waals surface area (Å²) in [6.45, 7) is 0. The number of nitrogens with one attached hydrogen (secondary N) is 2. The highest BCUT2D eigenvalue weighted by molar-refractivity contribution is 7.13. The first-order chi connectivity index (χ1) is 16.3. The largest absolute Gasteiger partial charge is 0.573 e. The van der Waals surface area contributed by atoms with Crippen molar-refractivity contribution in [3.63, 3.8) is 0 Å². The van der Waals surface area contributed by atoms with Crippen molar-refractivity contribution in [1.82, 2.24) is 4.98 Å². The number of ether oxygens (including phenoxy) is 2. The smallest absolute Gasteiger partial charge is 0.457 e. The maximum absolute atomic E-state index is 12.4.